The Labute approximate surface area is 109 Å². The number of nitrogens with two attached hydrogens (primary N) is 1. The molecular formula is C13H20N2OS. The van der Waals surface area contributed by atoms with Crippen LogP contribution in [-0.2, 0) is 4.74 Å². The molecule has 2 N–H and O–H groups in total. The Bertz CT molecular complexity index is 343. The summed E-state index contributed by atoms with van der Waals surface area (Å²) >= 11 is 5.02. The van der Waals surface area contributed by atoms with Crippen LogP contribution in [0.1, 0.15) is 18.0 Å². The van der Waals surface area contributed by atoms with E-state index in [1.165, 1.54) is 5.56 Å². The standard InChI is InChI=1S/C13H20N2OS/c1-15(8-9-16-2)12(10-13(14)17)11-6-4-3-5-7-11/h3-7,12H,8-10H2,1-2H3,(H2,14,17). The topological polar surface area (TPSA) is 38.5 Å². The fraction of sp³-hybridized carbons (Fsp3) is 0.462. The van der Waals surface area contributed by atoms with Crippen molar-refractivity contribution in [2.45, 2.75) is 12.5 Å². The third-order valence-corrected chi connectivity index (χ3v) is 2.93. The summed E-state index contributed by atoms with van der Waals surface area (Å²) in [5, 5.41) is 0. The molecule has 0 aliphatic carbocycles. The van der Waals surface area contributed by atoms with Crippen molar-refractivity contribution < 1.29 is 4.74 Å². The van der Waals surface area contributed by atoms with Gasteiger partial charge in [-0.1, -0.05) is 42.5 Å². The Morgan fingerprint density at radius 2 is 2.06 bits per heavy atom. The van der Waals surface area contributed by atoms with Crippen LogP contribution in [0.25, 0.3) is 0 Å². The van der Waals surface area contributed by atoms with Crippen molar-refractivity contribution >= 4 is 17.2 Å². The number of likely N-dealkylation sites (N-methyl/N-ethyl adjacent to an activating group) is 1. The lowest BCUT2D eigenvalue weighted by Crippen LogP contribution is -2.30. The van der Waals surface area contributed by atoms with Crippen LogP contribution in [0.15, 0.2) is 30.3 Å². The maximum atomic E-state index is 5.67. The van der Waals surface area contributed by atoms with Crippen molar-refractivity contribution in [3.8, 4) is 0 Å². The number of benzene rings is 1. The van der Waals surface area contributed by atoms with E-state index < -0.39 is 0 Å². The second-order valence-electron chi connectivity index (χ2n) is 4.07. The van der Waals surface area contributed by atoms with Crippen LogP contribution in [0.4, 0.5) is 0 Å². The summed E-state index contributed by atoms with van der Waals surface area (Å²) < 4.78 is 5.10. The zero-order valence-electron chi connectivity index (χ0n) is 10.4. The summed E-state index contributed by atoms with van der Waals surface area (Å²) in [5.74, 6) is 0. The van der Waals surface area contributed by atoms with Gasteiger partial charge in [0.2, 0.25) is 0 Å². The second kappa shape index (κ2) is 7.37. The van der Waals surface area contributed by atoms with Gasteiger partial charge in [-0.05, 0) is 12.6 Å². The number of thiocarbonyl (C=S) groups is 1. The minimum Gasteiger partial charge on any atom is -0.393 e. The molecule has 0 radical (unpaired) electrons. The number of methoxy groups -OCH3 is 1. The van der Waals surface area contributed by atoms with E-state index in [2.05, 4.69) is 24.1 Å². The molecule has 0 heterocycles. The third kappa shape index (κ3) is 4.81. The quantitative estimate of drug-likeness (QED) is 0.753. The minimum absolute atomic E-state index is 0.226. The molecule has 1 atom stereocenters. The van der Waals surface area contributed by atoms with Gasteiger partial charge in [0.25, 0.3) is 0 Å². The summed E-state index contributed by atoms with van der Waals surface area (Å²) in [6.07, 6.45) is 0.694. The number of hydrogen-bond donors (Lipinski definition) is 1. The average Bonchev–Trinajstić information content (AvgIpc) is 2.34. The molecule has 3 nitrogen and oxygen atoms in total. The maximum absolute atomic E-state index is 5.67. The molecule has 1 aromatic rings. The summed E-state index contributed by atoms with van der Waals surface area (Å²) in [6, 6.07) is 10.5. The first-order valence-electron chi connectivity index (χ1n) is 5.67. The van der Waals surface area contributed by atoms with E-state index in [9.17, 15) is 0 Å². The molecule has 0 amide bonds. The molecule has 4 heteroatoms. The summed E-state index contributed by atoms with van der Waals surface area (Å²) in [6.45, 7) is 1.57. The van der Waals surface area contributed by atoms with Crippen LogP contribution in [0.2, 0.25) is 0 Å². The van der Waals surface area contributed by atoms with Crippen LogP contribution in [0.5, 0.6) is 0 Å². The molecule has 0 aliphatic heterocycles. The molecule has 1 aromatic carbocycles. The molecule has 0 spiro atoms. The molecule has 0 aliphatic rings. The van der Waals surface area contributed by atoms with Crippen LogP contribution in [0, 0.1) is 0 Å². The highest BCUT2D eigenvalue weighted by atomic mass is 32.1. The molecular weight excluding hydrogens is 232 g/mol. The number of nitrogens with zero attached hydrogens (tertiary/aromatic N) is 1. The predicted molar refractivity (Wildman–Crippen MR) is 75.1 cm³/mol. The van der Waals surface area contributed by atoms with Gasteiger partial charge in [-0.2, -0.15) is 0 Å². The molecule has 0 fully saturated rings. The smallest absolute Gasteiger partial charge is 0.0746 e. The van der Waals surface area contributed by atoms with Crippen LogP contribution in [-0.4, -0.2) is 37.2 Å². The van der Waals surface area contributed by atoms with Crippen molar-refractivity contribution in [2.24, 2.45) is 5.73 Å². The van der Waals surface area contributed by atoms with Gasteiger partial charge in [-0.3, -0.25) is 4.90 Å². The number of rotatable bonds is 7. The van der Waals surface area contributed by atoms with Crippen molar-refractivity contribution in [1.82, 2.24) is 4.90 Å². The first-order chi connectivity index (χ1) is 8.15. The maximum Gasteiger partial charge on any atom is 0.0746 e. The van der Waals surface area contributed by atoms with Crippen molar-refractivity contribution in [1.29, 1.82) is 0 Å². The molecule has 0 saturated carbocycles. The average molecular weight is 252 g/mol. The van der Waals surface area contributed by atoms with E-state index in [4.69, 9.17) is 22.7 Å². The van der Waals surface area contributed by atoms with Crippen LogP contribution >= 0.6 is 12.2 Å². The molecule has 0 bridgehead atoms. The molecule has 94 valence electrons. The van der Waals surface area contributed by atoms with Crippen molar-refractivity contribution in [2.75, 3.05) is 27.3 Å². The van der Waals surface area contributed by atoms with Gasteiger partial charge >= 0.3 is 0 Å². The van der Waals surface area contributed by atoms with Crippen LogP contribution < -0.4 is 5.73 Å². The zero-order valence-corrected chi connectivity index (χ0v) is 11.2. The van der Waals surface area contributed by atoms with E-state index >= 15 is 0 Å². The first-order valence-corrected chi connectivity index (χ1v) is 6.08. The summed E-state index contributed by atoms with van der Waals surface area (Å²) in [7, 11) is 3.77. The van der Waals surface area contributed by atoms with E-state index in [1.54, 1.807) is 7.11 Å². The Balaban J connectivity index is 2.76. The number of hydrogen-bond acceptors (Lipinski definition) is 3. The van der Waals surface area contributed by atoms with Gasteiger partial charge in [-0.25, -0.2) is 0 Å². The Kier molecular flexibility index (Phi) is 6.11. The molecule has 1 rings (SSSR count). The fourth-order valence-corrected chi connectivity index (χ4v) is 1.94. The molecule has 0 aromatic heterocycles. The van der Waals surface area contributed by atoms with Gasteiger partial charge in [0.1, 0.15) is 0 Å². The monoisotopic (exact) mass is 252 g/mol. The van der Waals surface area contributed by atoms with Crippen molar-refractivity contribution in [3.05, 3.63) is 35.9 Å². The highest BCUT2D eigenvalue weighted by molar-refractivity contribution is 7.80. The largest absolute Gasteiger partial charge is 0.393 e. The third-order valence-electron chi connectivity index (χ3n) is 2.76. The predicted octanol–water partition coefficient (Wildman–Crippen LogP) is 1.98. The summed E-state index contributed by atoms with van der Waals surface area (Å²) in [5.41, 5.74) is 6.91. The highest BCUT2D eigenvalue weighted by Crippen LogP contribution is 2.22. The van der Waals surface area contributed by atoms with Gasteiger partial charge in [-0.15, -0.1) is 0 Å². The SMILES string of the molecule is COCCN(C)C(CC(N)=S)c1ccccc1. The van der Waals surface area contributed by atoms with E-state index in [0.29, 0.717) is 18.0 Å². The number of ether oxygens (including phenoxy) is 1. The lowest BCUT2D eigenvalue weighted by molar-refractivity contribution is 0.140. The molecule has 0 saturated heterocycles. The molecule has 17 heavy (non-hydrogen) atoms. The lowest BCUT2D eigenvalue weighted by Gasteiger charge is -2.28. The van der Waals surface area contributed by atoms with E-state index in [-0.39, 0.29) is 6.04 Å². The Morgan fingerprint density at radius 3 is 2.59 bits per heavy atom. The van der Waals surface area contributed by atoms with Crippen molar-refractivity contribution in [3.63, 3.8) is 0 Å². The van der Waals surface area contributed by atoms with Gasteiger partial charge in [0, 0.05) is 26.1 Å². The van der Waals surface area contributed by atoms with Crippen LogP contribution in [0.3, 0.4) is 0 Å². The highest BCUT2D eigenvalue weighted by Gasteiger charge is 2.17. The van der Waals surface area contributed by atoms with Gasteiger partial charge in [0.05, 0.1) is 11.6 Å². The fourth-order valence-electron chi connectivity index (χ4n) is 1.79. The van der Waals surface area contributed by atoms with E-state index in [1.807, 2.05) is 18.2 Å². The lowest BCUT2D eigenvalue weighted by atomic mass is 10.0. The second-order valence-corrected chi connectivity index (χ2v) is 4.59. The Morgan fingerprint density at radius 1 is 1.41 bits per heavy atom. The summed E-state index contributed by atoms with van der Waals surface area (Å²) in [4.78, 5) is 2.76. The Hall–Kier alpha value is -0.970. The first kappa shape index (κ1) is 14.1. The normalized spacial score (nSPS) is 12.6. The van der Waals surface area contributed by atoms with Gasteiger partial charge < -0.3 is 10.5 Å². The van der Waals surface area contributed by atoms with E-state index in [0.717, 1.165) is 6.54 Å². The minimum atomic E-state index is 0.226. The zero-order chi connectivity index (χ0) is 12.7. The van der Waals surface area contributed by atoms with Gasteiger partial charge in [0.15, 0.2) is 0 Å². The molecule has 1 unspecified atom stereocenters.